The molecular formula is C15H30N2O. The number of ether oxygens (including phenoxy) is 1. The van der Waals surface area contributed by atoms with Crippen LogP contribution < -0.4 is 5.73 Å². The van der Waals surface area contributed by atoms with Gasteiger partial charge in [0.2, 0.25) is 0 Å². The van der Waals surface area contributed by atoms with E-state index in [-0.39, 0.29) is 6.10 Å². The van der Waals surface area contributed by atoms with Crippen LogP contribution in [0.2, 0.25) is 0 Å². The van der Waals surface area contributed by atoms with E-state index in [0.29, 0.717) is 6.54 Å². The van der Waals surface area contributed by atoms with Crippen LogP contribution in [0.1, 0.15) is 51.9 Å². The van der Waals surface area contributed by atoms with Gasteiger partial charge in [-0.1, -0.05) is 12.8 Å². The van der Waals surface area contributed by atoms with Crippen molar-refractivity contribution in [1.82, 2.24) is 4.90 Å². The van der Waals surface area contributed by atoms with Crippen LogP contribution in [0.25, 0.3) is 0 Å². The maximum absolute atomic E-state index is 5.76. The van der Waals surface area contributed by atoms with Crippen molar-refractivity contribution in [3.05, 3.63) is 0 Å². The summed E-state index contributed by atoms with van der Waals surface area (Å²) in [5.41, 5.74) is 5.76. The molecule has 3 atom stereocenters. The van der Waals surface area contributed by atoms with Gasteiger partial charge in [0, 0.05) is 25.7 Å². The lowest BCUT2D eigenvalue weighted by atomic mass is 9.78. The summed E-state index contributed by atoms with van der Waals surface area (Å²) in [6.45, 7) is 5.98. The second-order valence-electron chi connectivity index (χ2n) is 5.89. The van der Waals surface area contributed by atoms with E-state index in [0.717, 1.165) is 25.0 Å². The highest BCUT2D eigenvalue weighted by atomic mass is 16.5. The molecule has 1 aliphatic carbocycles. The van der Waals surface area contributed by atoms with Crippen LogP contribution in [0, 0.1) is 5.92 Å². The van der Waals surface area contributed by atoms with Gasteiger partial charge in [-0.2, -0.15) is 0 Å². The number of nitrogens with two attached hydrogens (primary N) is 1. The normalized spacial score (nSPS) is 31.0. The van der Waals surface area contributed by atoms with Crippen molar-refractivity contribution in [2.75, 3.05) is 26.2 Å². The summed E-state index contributed by atoms with van der Waals surface area (Å²) in [7, 11) is 0. The van der Waals surface area contributed by atoms with Gasteiger partial charge >= 0.3 is 0 Å². The molecule has 1 unspecified atom stereocenters. The minimum absolute atomic E-state index is 0.263. The van der Waals surface area contributed by atoms with Crippen LogP contribution in [-0.4, -0.2) is 43.3 Å². The molecule has 2 aliphatic rings. The number of likely N-dealkylation sites (tertiary alicyclic amines) is 1. The van der Waals surface area contributed by atoms with Gasteiger partial charge in [-0.3, -0.25) is 0 Å². The Morgan fingerprint density at radius 1 is 1.22 bits per heavy atom. The van der Waals surface area contributed by atoms with Gasteiger partial charge in [0.1, 0.15) is 0 Å². The molecule has 0 bridgehead atoms. The second kappa shape index (κ2) is 7.46. The Morgan fingerprint density at radius 3 is 2.78 bits per heavy atom. The van der Waals surface area contributed by atoms with Gasteiger partial charge in [0.25, 0.3) is 0 Å². The molecule has 106 valence electrons. The van der Waals surface area contributed by atoms with E-state index in [1.807, 2.05) is 0 Å². The summed E-state index contributed by atoms with van der Waals surface area (Å²) < 4.78 is 5.67. The fourth-order valence-corrected chi connectivity index (χ4v) is 3.82. The molecule has 0 radical (unpaired) electrons. The lowest BCUT2D eigenvalue weighted by molar-refractivity contribution is 0.0240. The number of nitrogens with zero attached hydrogens (tertiary/aromatic N) is 1. The first-order valence-electron chi connectivity index (χ1n) is 7.90. The van der Waals surface area contributed by atoms with Crippen LogP contribution in [0.15, 0.2) is 0 Å². The average Bonchev–Trinajstić information content (AvgIpc) is 2.43. The summed E-state index contributed by atoms with van der Waals surface area (Å²) >= 11 is 0. The number of hydrogen-bond donors (Lipinski definition) is 1. The quantitative estimate of drug-likeness (QED) is 0.791. The maximum Gasteiger partial charge on any atom is 0.0709 e. The Kier molecular flexibility index (Phi) is 5.93. The van der Waals surface area contributed by atoms with Gasteiger partial charge < -0.3 is 15.4 Å². The van der Waals surface area contributed by atoms with Crippen LogP contribution >= 0.6 is 0 Å². The predicted octanol–water partition coefficient (Wildman–Crippen LogP) is 2.39. The fraction of sp³-hybridized carbons (Fsp3) is 1.00. The molecule has 2 N–H and O–H groups in total. The number of piperidine rings is 1. The zero-order valence-corrected chi connectivity index (χ0v) is 11.9. The first-order chi connectivity index (χ1) is 8.85. The van der Waals surface area contributed by atoms with E-state index in [2.05, 4.69) is 11.8 Å². The topological polar surface area (TPSA) is 38.5 Å². The van der Waals surface area contributed by atoms with Gasteiger partial charge in [-0.05, 0) is 51.5 Å². The molecule has 1 aliphatic heterocycles. The minimum Gasteiger partial charge on any atom is -0.377 e. The lowest BCUT2D eigenvalue weighted by Gasteiger charge is -2.44. The Balaban J connectivity index is 1.79. The molecule has 0 amide bonds. The molecule has 1 saturated carbocycles. The van der Waals surface area contributed by atoms with E-state index >= 15 is 0 Å². The van der Waals surface area contributed by atoms with E-state index in [1.54, 1.807) is 0 Å². The second-order valence-corrected chi connectivity index (χ2v) is 5.89. The molecule has 0 aromatic rings. The highest BCUT2D eigenvalue weighted by Gasteiger charge is 2.32. The van der Waals surface area contributed by atoms with Gasteiger partial charge in [0.15, 0.2) is 0 Å². The molecule has 2 rings (SSSR count). The zero-order chi connectivity index (χ0) is 12.8. The predicted molar refractivity (Wildman–Crippen MR) is 75.6 cm³/mol. The Bertz CT molecular complexity index is 233. The number of hydrogen-bond acceptors (Lipinski definition) is 3. The SMILES string of the molecule is CCOC(CN)CCN1CCC[C@H]2CCCC[C@H]21. The molecular weight excluding hydrogens is 224 g/mol. The van der Waals surface area contributed by atoms with E-state index < -0.39 is 0 Å². The molecule has 0 aromatic heterocycles. The van der Waals surface area contributed by atoms with Gasteiger partial charge in [-0.15, -0.1) is 0 Å². The molecule has 3 heteroatoms. The highest BCUT2D eigenvalue weighted by molar-refractivity contribution is 4.87. The van der Waals surface area contributed by atoms with Crippen molar-refractivity contribution >= 4 is 0 Å². The fourth-order valence-electron chi connectivity index (χ4n) is 3.82. The summed E-state index contributed by atoms with van der Waals surface area (Å²) in [4.78, 5) is 2.73. The largest absolute Gasteiger partial charge is 0.377 e. The molecule has 0 spiro atoms. The zero-order valence-electron chi connectivity index (χ0n) is 11.9. The summed E-state index contributed by atoms with van der Waals surface area (Å²) in [6.07, 6.45) is 10.0. The Labute approximate surface area is 112 Å². The van der Waals surface area contributed by atoms with Crippen LogP contribution in [0.3, 0.4) is 0 Å². The summed E-state index contributed by atoms with van der Waals surface area (Å²) in [5.74, 6) is 0.982. The van der Waals surface area contributed by atoms with Crippen molar-refractivity contribution in [1.29, 1.82) is 0 Å². The van der Waals surface area contributed by atoms with Gasteiger partial charge in [0.05, 0.1) is 6.10 Å². The van der Waals surface area contributed by atoms with Crippen LogP contribution in [0.4, 0.5) is 0 Å². The lowest BCUT2D eigenvalue weighted by Crippen LogP contribution is -2.47. The average molecular weight is 254 g/mol. The van der Waals surface area contributed by atoms with Crippen molar-refractivity contribution in [2.45, 2.75) is 64.0 Å². The Morgan fingerprint density at radius 2 is 2.00 bits per heavy atom. The van der Waals surface area contributed by atoms with E-state index in [1.165, 1.54) is 51.6 Å². The molecule has 0 aromatic carbocycles. The standard InChI is InChI=1S/C15H30N2O/c1-2-18-14(12-16)9-11-17-10-5-7-13-6-3-4-8-15(13)17/h13-15H,2-12,16H2,1H3/t13-,14?,15-/m1/s1. The third-order valence-electron chi connectivity index (χ3n) is 4.76. The third kappa shape index (κ3) is 3.69. The Hall–Kier alpha value is -0.120. The molecule has 1 heterocycles. The first kappa shape index (κ1) is 14.3. The highest BCUT2D eigenvalue weighted by Crippen LogP contribution is 2.35. The number of fused-ring (bicyclic) bond motifs is 1. The van der Waals surface area contributed by atoms with Crippen molar-refractivity contribution in [3.8, 4) is 0 Å². The van der Waals surface area contributed by atoms with E-state index in [9.17, 15) is 0 Å². The van der Waals surface area contributed by atoms with E-state index in [4.69, 9.17) is 10.5 Å². The molecule has 3 nitrogen and oxygen atoms in total. The number of rotatable bonds is 6. The monoisotopic (exact) mass is 254 g/mol. The van der Waals surface area contributed by atoms with Gasteiger partial charge in [-0.25, -0.2) is 0 Å². The molecule has 2 fully saturated rings. The third-order valence-corrected chi connectivity index (χ3v) is 4.76. The smallest absolute Gasteiger partial charge is 0.0709 e. The summed E-state index contributed by atoms with van der Waals surface area (Å²) in [6, 6.07) is 0.868. The van der Waals surface area contributed by atoms with Crippen molar-refractivity contribution in [2.24, 2.45) is 11.7 Å². The molecule has 1 saturated heterocycles. The molecule has 18 heavy (non-hydrogen) atoms. The maximum atomic E-state index is 5.76. The van der Waals surface area contributed by atoms with Crippen molar-refractivity contribution < 1.29 is 4.74 Å². The first-order valence-corrected chi connectivity index (χ1v) is 7.90. The van der Waals surface area contributed by atoms with Crippen LogP contribution in [0.5, 0.6) is 0 Å². The minimum atomic E-state index is 0.263. The van der Waals surface area contributed by atoms with Crippen LogP contribution in [-0.2, 0) is 4.74 Å². The van der Waals surface area contributed by atoms with Crippen molar-refractivity contribution in [3.63, 3.8) is 0 Å². The summed E-state index contributed by atoms with van der Waals surface area (Å²) in [5, 5.41) is 0.